The predicted octanol–water partition coefficient (Wildman–Crippen LogP) is 3.79. The van der Waals surface area contributed by atoms with Crippen molar-refractivity contribution >= 4 is 46.3 Å². The Hall–Kier alpha value is -3.92. The summed E-state index contributed by atoms with van der Waals surface area (Å²) in [6, 6.07) is 9.70. The van der Waals surface area contributed by atoms with Crippen molar-refractivity contribution in [3.05, 3.63) is 81.3 Å². The number of nitro benzene ring substituents is 1. The third-order valence-electron chi connectivity index (χ3n) is 4.02. The number of aromatic carboxylic acids is 1. The number of carboxylic acids is 1. The van der Waals surface area contributed by atoms with Gasteiger partial charge in [0, 0.05) is 24.7 Å². The molecule has 1 amide bonds. The minimum atomic E-state index is -1.27. The van der Waals surface area contributed by atoms with Crippen molar-refractivity contribution in [3.63, 3.8) is 0 Å². The monoisotopic (exact) mass is 425 g/mol. The molecule has 1 aliphatic heterocycles. The molecule has 30 heavy (non-hydrogen) atoms. The Morgan fingerprint density at radius 1 is 1.30 bits per heavy atom. The first kappa shape index (κ1) is 20.8. The minimum Gasteiger partial charge on any atom is -0.507 e. The Bertz CT molecular complexity index is 1130. The molecule has 2 aromatic rings. The zero-order chi connectivity index (χ0) is 21.8. The Balaban J connectivity index is 1.97. The van der Waals surface area contributed by atoms with Crippen LogP contribution in [0.3, 0.4) is 0 Å². The van der Waals surface area contributed by atoms with Crippen molar-refractivity contribution in [2.45, 2.75) is 0 Å². The van der Waals surface area contributed by atoms with Gasteiger partial charge in [-0.25, -0.2) is 9.79 Å². The molecule has 1 heterocycles. The van der Waals surface area contributed by atoms with Crippen molar-refractivity contribution in [1.29, 1.82) is 0 Å². The molecule has 152 valence electrons. The molecule has 2 N–H and O–H groups in total. The summed E-state index contributed by atoms with van der Waals surface area (Å²) >= 11 is 1.06. The molecule has 0 atom stereocenters. The van der Waals surface area contributed by atoms with Gasteiger partial charge in [-0.1, -0.05) is 18.2 Å². The number of amidine groups is 1. The van der Waals surface area contributed by atoms with E-state index in [1.54, 1.807) is 6.07 Å². The largest absolute Gasteiger partial charge is 0.507 e. The van der Waals surface area contributed by atoms with Crippen molar-refractivity contribution in [3.8, 4) is 5.75 Å². The van der Waals surface area contributed by atoms with E-state index in [1.165, 1.54) is 53.5 Å². The van der Waals surface area contributed by atoms with Crippen LogP contribution in [-0.2, 0) is 4.79 Å². The molecule has 0 aromatic heterocycles. The van der Waals surface area contributed by atoms with Crippen LogP contribution in [0.15, 0.2) is 65.0 Å². The molecule has 0 radical (unpaired) electrons. The highest BCUT2D eigenvalue weighted by molar-refractivity contribution is 8.18. The summed E-state index contributed by atoms with van der Waals surface area (Å²) in [7, 11) is 0. The third kappa shape index (κ3) is 4.39. The summed E-state index contributed by atoms with van der Waals surface area (Å²) in [5, 5.41) is 30.1. The maximum absolute atomic E-state index is 12.8. The van der Waals surface area contributed by atoms with Gasteiger partial charge in [0.25, 0.3) is 11.6 Å². The second-order valence-corrected chi connectivity index (χ2v) is 7.08. The number of benzene rings is 2. The summed E-state index contributed by atoms with van der Waals surface area (Å²) in [6.07, 6.45) is 3.05. The zero-order valence-electron chi connectivity index (χ0n) is 15.4. The molecule has 3 rings (SSSR count). The van der Waals surface area contributed by atoms with Crippen LogP contribution in [0.25, 0.3) is 6.08 Å². The number of non-ortho nitro benzene ring substituents is 1. The molecule has 0 aliphatic carbocycles. The average molecular weight is 425 g/mol. The Kier molecular flexibility index (Phi) is 5.98. The van der Waals surface area contributed by atoms with E-state index in [0.29, 0.717) is 15.6 Å². The van der Waals surface area contributed by atoms with Gasteiger partial charge in [0.2, 0.25) is 0 Å². The number of rotatable bonds is 6. The average Bonchev–Trinajstić information content (AvgIpc) is 2.97. The van der Waals surface area contributed by atoms with E-state index in [2.05, 4.69) is 11.6 Å². The normalized spacial score (nSPS) is 16.3. The van der Waals surface area contributed by atoms with Gasteiger partial charge >= 0.3 is 5.97 Å². The second kappa shape index (κ2) is 8.62. The second-order valence-electron chi connectivity index (χ2n) is 6.07. The highest BCUT2D eigenvalue weighted by Gasteiger charge is 2.32. The van der Waals surface area contributed by atoms with Gasteiger partial charge < -0.3 is 10.2 Å². The smallest absolute Gasteiger partial charge is 0.339 e. The van der Waals surface area contributed by atoms with Gasteiger partial charge in [-0.15, -0.1) is 6.58 Å². The lowest BCUT2D eigenvalue weighted by atomic mass is 10.2. The number of amides is 1. The van der Waals surface area contributed by atoms with Crippen molar-refractivity contribution in [2.24, 2.45) is 4.99 Å². The first-order valence-corrected chi connectivity index (χ1v) is 9.33. The number of carboxylic acid groups (broad SMARTS) is 1. The molecule has 2 aromatic carbocycles. The molecule has 0 bridgehead atoms. The van der Waals surface area contributed by atoms with E-state index in [-0.39, 0.29) is 29.4 Å². The molecule has 0 spiro atoms. The number of nitrogens with zero attached hydrogens (tertiary/aromatic N) is 3. The maximum Gasteiger partial charge on any atom is 0.339 e. The van der Waals surface area contributed by atoms with Crippen LogP contribution in [0.4, 0.5) is 11.4 Å². The summed E-state index contributed by atoms with van der Waals surface area (Å²) in [6.45, 7) is 3.80. The van der Waals surface area contributed by atoms with Gasteiger partial charge in [0.1, 0.15) is 11.3 Å². The van der Waals surface area contributed by atoms with Crippen LogP contribution in [0, 0.1) is 10.1 Å². The lowest BCUT2D eigenvalue weighted by Gasteiger charge is -2.12. The molecular weight excluding hydrogens is 410 g/mol. The van der Waals surface area contributed by atoms with Crippen LogP contribution in [0.2, 0.25) is 0 Å². The molecule has 0 saturated carbocycles. The van der Waals surface area contributed by atoms with Crippen molar-refractivity contribution in [1.82, 2.24) is 4.90 Å². The van der Waals surface area contributed by atoms with E-state index in [0.717, 1.165) is 11.8 Å². The molecule has 10 heteroatoms. The van der Waals surface area contributed by atoms with E-state index in [9.17, 15) is 24.8 Å². The van der Waals surface area contributed by atoms with Gasteiger partial charge in [-0.2, -0.15) is 0 Å². The number of nitro groups is 1. The minimum absolute atomic E-state index is 0.0920. The summed E-state index contributed by atoms with van der Waals surface area (Å²) in [5.41, 5.74) is 0.399. The first-order valence-electron chi connectivity index (χ1n) is 8.52. The van der Waals surface area contributed by atoms with Gasteiger partial charge in [-0.3, -0.25) is 19.8 Å². The Morgan fingerprint density at radius 2 is 2.07 bits per heavy atom. The number of carbonyl (C=O) groups excluding carboxylic acids is 1. The van der Waals surface area contributed by atoms with Crippen LogP contribution in [0.5, 0.6) is 5.75 Å². The number of hydrogen-bond acceptors (Lipinski definition) is 7. The SMILES string of the molecule is C=CCN1C(=O)/C(=C/c2cccc([N+](=O)[O-])c2)SC1=Nc1ccc(C(=O)O)c(O)c1. The fourth-order valence-corrected chi connectivity index (χ4v) is 3.65. The van der Waals surface area contributed by atoms with Gasteiger partial charge in [0.05, 0.1) is 15.5 Å². The topological polar surface area (TPSA) is 133 Å². The van der Waals surface area contributed by atoms with E-state index in [4.69, 9.17) is 5.11 Å². The molecule has 1 saturated heterocycles. The quantitative estimate of drug-likeness (QED) is 0.311. The number of aromatic hydroxyl groups is 1. The number of aliphatic imine (C=N–C) groups is 1. The fourth-order valence-electron chi connectivity index (χ4n) is 2.64. The zero-order valence-corrected chi connectivity index (χ0v) is 16.2. The van der Waals surface area contributed by atoms with Crippen molar-refractivity contribution in [2.75, 3.05) is 6.54 Å². The van der Waals surface area contributed by atoms with Crippen LogP contribution in [0.1, 0.15) is 15.9 Å². The molecular formula is C20H15N3O6S. The number of phenols is 1. The lowest BCUT2D eigenvalue weighted by Crippen LogP contribution is -2.29. The number of thioether (sulfide) groups is 1. The van der Waals surface area contributed by atoms with E-state index < -0.39 is 16.6 Å². The number of carbonyl (C=O) groups is 2. The standard InChI is InChI=1S/C20H15N3O6S/c1-2-8-22-18(25)17(10-12-4-3-5-14(9-12)23(28)29)30-20(22)21-13-6-7-15(19(26)27)16(24)11-13/h2-7,9-11,24H,1,8H2,(H,26,27)/b17-10-,21-20?. The van der Waals surface area contributed by atoms with E-state index in [1.807, 2.05) is 0 Å². The predicted molar refractivity (Wildman–Crippen MR) is 113 cm³/mol. The lowest BCUT2D eigenvalue weighted by molar-refractivity contribution is -0.384. The van der Waals surface area contributed by atoms with Crippen LogP contribution in [-0.4, -0.2) is 43.6 Å². The third-order valence-corrected chi connectivity index (χ3v) is 5.02. The summed E-state index contributed by atoms with van der Waals surface area (Å²) < 4.78 is 0. The first-order chi connectivity index (χ1) is 14.3. The van der Waals surface area contributed by atoms with E-state index >= 15 is 0 Å². The van der Waals surface area contributed by atoms with Crippen LogP contribution < -0.4 is 0 Å². The Morgan fingerprint density at radius 3 is 2.70 bits per heavy atom. The highest BCUT2D eigenvalue weighted by Crippen LogP contribution is 2.35. The number of hydrogen-bond donors (Lipinski definition) is 2. The summed E-state index contributed by atoms with van der Waals surface area (Å²) in [4.78, 5) is 40.3. The fraction of sp³-hybridized carbons (Fsp3) is 0.0500. The van der Waals surface area contributed by atoms with Gasteiger partial charge in [0.15, 0.2) is 5.17 Å². The molecule has 0 unspecified atom stereocenters. The van der Waals surface area contributed by atoms with Gasteiger partial charge in [-0.05, 0) is 35.5 Å². The summed E-state index contributed by atoms with van der Waals surface area (Å²) in [5.74, 6) is -2.06. The molecule has 9 nitrogen and oxygen atoms in total. The van der Waals surface area contributed by atoms with Crippen LogP contribution >= 0.6 is 11.8 Å². The maximum atomic E-state index is 12.8. The molecule has 1 aliphatic rings. The Labute approximate surface area is 174 Å². The highest BCUT2D eigenvalue weighted by atomic mass is 32.2. The van der Waals surface area contributed by atoms with Crippen molar-refractivity contribution < 1.29 is 24.7 Å². The molecule has 1 fully saturated rings.